The second kappa shape index (κ2) is 6.21. The van der Waals surface area contributed by atoms with Crippen LogP contribution in [-0.2, 0) is 10.2 Å². The molecule has 0 spiro atoms. The quantitative estimate of drug-likeness (QED) is 0.908. The predicted octanol–water partition coefficient (Wildman–Crippen LogP) is 2.88. The number of carbonyl (C=O) groups excluding carboxylic acids is 1. The van der Waals surface area contributed by atoms with Gasteiger partial charge in [-0.15, -0.1) is 12.4 Å². The lowest BCUT2D eigenvalue weighted by Gasteiger charge is -2.45. The summed E-state index contributed by atoms with van der Waals surface area (Å²) in [5.41, 5.74) is 1.02. The fraction of sp³-hybridized carbons (Fsp3) is 0.611. The zero-order valence-corrected chi connectivity index (χ0v) is 13.8. The van der Waals surface area contributed by atoms with Gasteiger partial charge in [-0.05, 0) is 44.2 Å². The molecule has 1 N–H and O–H groups in total. The molecule has 2 heterocycles. The standard InChI is InChI=1S/C18H24N2O.ClH/c21-17(20-15-7-8-16(20)13-19-12-9-15)18(10-4-11-18)14-5-2-1-3-6-14;/h1-3,5-6,15-16,19H,4,7-13H2;1H. The minimum absolute atomic E-state index is 0. The lowest BCUT2D eigenvalue weighted by atomic mass is 9.63. The normalized spacial score (nSPS) is 29.2. The van der Waals surface area contributed by atoms with Crippen LogP contribution in [0.5, 0.6) is 0 Å². The second-order valence-electron chi connectivity index (χ2n) is 6.89. The number of fused-ring (bicyclic) bond motifs is 2. The van der Waals surface area contributed by atoms with E-state index in [1.165, 1.54) is 24.8 Å². The zero-order chi connectivity index (χ0) is 14.3. The van der Waals surface area contributed by atoms with E-state index in [0.717, 1.165) is 32.4 Å². The van der Waals surface area contributed by atoms with Crippen LogP contribution in [0.3, 0.4) is 0 Å². The Morgan fingerprint density at radius 1 is 1.09 bits per heavy atom. The molecule has 3 nitrogen and oxygen atoms in total. The number of rotatable bonds is 2. The Labute approximate surface area is 138 Å². The Hall–Kier alpha value is -1.06. The Kier molecular flexibility index (Phi) is 4.47. The van der Waals surface area contributed by atoms with E-state index in [-0.39, 0.29) is 17.8 Å². The van der Waals surface area contributed by atoms with Crippen LogP contribution in [0.25, 0.3) is 0 Å². The lowest BCUT2D eigenvalue weighted by Crippen LogP contribution is -2.55. The summed E-state index contributed by atoms with van der Waals surface area (Å²) in [5, 5.41) is 3.50. The summed E-state index contributed by atoms with van der Waals surface area (Å²) < 4.78 is 0. The van der Waals surface area contributed by atoms with Gasteiger partial charge < -0.3 is 10.2 Å². The number of amides is 1. The summed E-state index contributed by atoms with van der Waals surface area (Å²) in [6.07, 6.45) is 6.73. The van der Waals surface area contributed by atoms with Crippen molar-refractivity contribution >= 4 is 18.3 Å². The van der Waals surface area contributed by atoms with Gasteiger partial charge in [-0.25, -0.2) is 0 Å². The van der Waals surface area contributed by atoms with Gasteiger partial charge in [0.2, 0.25) is 5.91 Å². The molecular weight excluding hydrogens is 296 g/mol. The van der Waals surface area contributed by atoms with E-state index >= 15 is 0 Å². The predicted molar refractivity (Wildman–Crippen MR) is 90.4 cm³/mol. The molecule has 2 atom stereocenters. The molecule has 2 bridgehead atoms. The summed E-state index contributed by atoms with van der Waals surface area (Å²) in [5.74, 6) is 0.413. The first kappa shape index (κ1) is 15.8. The maximum atomic E-state index is 13.4. The minimum Gasteiger partial charge on any atom is -0.335 e. The Morgan fingerprint density at radius 2 is 1.82 bits per heavy atom. The van der Waals surface area contributed by atoms with E-state index in [1.54, 1.807) is 0 Å². The minimum atomic E-state index is -0.216. The van der Waals surface area contributed by atoms with Gasteiger partial charge in [-0.2, -0.15) is 0 Å². The average Bonchev–Trinajstić information content (AvgIpc) is 2.72. The van der Waals surface area contributed by atoms with Gasteiger partial charge in [0, 0.05) is 18.6 Å². The molecule has 2 aliphatic heterocycles. The molecule has 1 saturated carbocycles. The van der Waals surface area contributed by atoms with Gasteiger partial charge in [-0.3, -0.25) is 4.79 Å². The van der Waals surface area contributed by atoms with Gasteiger partial charge in [0.15, 0.2) is 0 Å². The summed E-state index contributed by atoms with van der Waals surface area (Å²) in [6.45, 7) is 2.04. The molecule has 4 heteroatoms. The molecule has 1 aromatic carbocycles. The highest BCUT2D eigenvalue weighted by Crippen LogP contribution is 2.47. The Balaban J connectivity index is 0.00000144. The van der Waals surface area contributed by atoms with Gasteiger partial charge >= 0.3 is 0 Å². The van der Waals surface area contributed by atoms with Crippen molar-refractivity contribution < 1.29 is 4.79 Å². The molecule has 120 valence electrons. The molecule has 3 fully saturated rings. The molecule has 2 saturated heterocycles. The number of nitrogens with one attached hydrogen (secondary N) is 1. The third-order valence-electron chi connectivity index (χ3n) is 5.83. The van der Waals surface area contributed by atoms with Crippen LogP contribution in [-0.4, -0.2) is 36.0 Å². The molecule has 1 aromatic rings. The highest BCUT2D eigenvalue weighted by atomic mass is 35.5. The Morgan fingerprint density at radius 3 is 2.50 bits per heavy atom. The lowest BCUT2D eigenvalue weighted by molar-refractivity contribution is -0.143. The van der Waals surface area contributed by atoms with Crippen LogP contribution in [0.15, 0.2) is 30.3 Å². The number of carbonyl (C=O) groups is 1. The number of nitrogens with zero attached hydrogens (tertiary/aromatic N) is 1. The molecule has 2 unspecified atom stereocenters. The van der Waals surface area contributed by atoms with Crippen LogP contribution >= 0.6 is 12.4 Å². The van der Waals surface area contributed by atoms with E-state index in [4.69, 9.17) is 0 Å². The topological polar surface area (TPSA) is 32.3 Å². The summed E-state index contributed by atoms with van der Waals surface area (Å²) in [7, 11) is 0. The van der Waals surface area contributed by atoms with Crippen LogP contribution in [0, 0.1) is 0 Å². The van der Waals surface area contributed by atoms with E-state index in [0.29, 0.717) is 18.0 Å². The van der Waals surface area contributed by atoms with E-state index in [1.807, 2.05) is 6.07 Å². The first-order chi connectivity index (χ1) is 10.3. The van der Waals surface area contributed by atoms with E-state index in [2.05, 4.69) is 34.5 Å². The maximum absolute atomic E-state index is 13.4. The number of hydrogen-bond donors (Lipinski definition) is 1. The van der Waals surface area contributed by atoms with Crippen molar-refractivity contribution in [2.75, 3.05) is 13.1 Å². The van der Waals surface area contributed by atoms with Gasteiger partial charge in [0.1, 0.15) is 0 Å². The van der Waals surface area contributed by atoms with Crippen molar-refractivity contribution in [1.82, 2.24) is 10.2 Å². The van der Waals surface area contributed by atoms with Crippen molar-refractivity contribution in [1.29, 1.82) is 0 Å². The zero-order valence-electron chi connectivity index (χ0n) is 13.0. The van der Waals surface area contributed by atoms with E-state index in [9.17, 15) is 4.79 Å². The van der Waals surface area contributed by atoms with E-state index < -0.39 is 0 Å². The SMILES string of the molecule is Cl.O=C(N1C2CCNCC1CC2)C1(c2ccccc2)CCC1. The Bertz CT molecular complexity index is 515. The second-order valence-corrected chi connectivity index (χ2v) is 6.89. The number of halogens is 1. The fourth-order valence-electron chi connectivity index (χ4n) is 4.47. The molecular formula is C18H25ClN2O. The van der Waals surface area contributed by atoms with Crippen LogP contribution in [0.4, 0.5) is 0 Å². The van der Waals surface area contributed by atoms with Crippen molar-refractivity contribution in [2.45, 2.75) is 56.0 Å². The van der Waals surface area contributed by atoms with Crippen LogP contribution in [0.1, 0.15) is 44.1 Å². The average molecular weight is 321 g/mol. The molecule has 22 heavy (non-hydrogen) atoms. The number of benzene rings is 1. The molecule has 1 amide bonds. The number of hydrogen-bond acceptors (Lipinski definition) is 2. The fourth-order valence-corrected chi connectivity index (χ4v) is 4.47. The molecule has 0 aromatic heterocycles. The third kappa shape index (κ3) is 2.35. The summed E-state index contributed by atoms with van der Waals surface area (Å²) in [6, 6.07) is 11.4. The van der Waals surface area contributed by atoms with Crippen molar-refractivity contribution in [3.63, 3.8) is 0 Å². The molecule has 3 aliphatic rings. The van der Waals surface area contributed by atoms with Crippen LogP contribution in [0.2, 0.25) is 0 Å². The van der Waals surface area contributed by atoms with Gasteiger partial charge in [-0.1, -0.05) is 36.8 Å². The summed E-state index contributed by atoms with van der Waals surface area (Å²) in [4.78, 5) is 15.7. The largest absolute Gasteiger partial charge is 0.335 e. The first-order valence-corrected chi connectivity index (χ1v) is 8.40. The van der Waals surface area contributed by atoms with Gasteiger partial charge in [0.05, 0.1) is 5.41 Å². The molecule has 4 rings (SSSR count). The highest BCUT2D eigenvalue weighted by Gasteiger charge is 2.51. The third-order valence-corrected chi connectivity index (χ3v) is 5.83. The molecule has 1 aliphatic carbocycles. The van der Waals surface area contributed by atoms with Crippen molar-refractivity contribution in [3.05, 3.63) is 35.9 Å². The maximum Gasteiger partial charge on any atom is 0.233 e. The molecule has 0 radical (unpaired) electrons. The van der Waals surface area contributed by atoms with Crippen molar-refractivity contribution in [2.24, 2.45) is 0 Å². The highest BCUT2D eigenvalue weighted by molar-refractivity contribution is 5.90. The smallest absolute Gasteiger partial charge is 0.233 e. The van der Waals surface area contributed by atoms with Crippen LogP contribution < -0.4 is 5.32 Å². The van der Waals surface area contributed by atoms with Gasteiger partial charge in [0.25, 0.3) is 0 Å². The summed E-state index contributed by atoms with van der Waals surface area (Å²) >= 11 is 0. The first-order valence-electron chi connectivity index (χ1n) is 8.40. The monoisotopic (exact) mass is 320 g/mol. The van der Waals surface area contributed by atoms with Crippen molar-refractivity contribution in [3.8, 4) is 0 Å².